The normalized spacial score (nSPS) is 9.27. The van der Waals surface area contributed by atoms with Gasteiger partial charge in [0.15, 0.2) is 0 Å². The van der Waals surface area contributed by atoms with Crippen molar-refractivity contribution in [2.24, 2.45) is 0 Å². The molecule has 0 spiro atoms. The standard InChI is InChI=1S/C9H10OS/c1-7(2)8-3-5-9(10-11)6-4-8/h3-6,11H,1H2,2H3. The van der Waals surface area contributed by atoms with E-state index in [1.54, 1.807) is 0 Å². The molecule has 0 heterocycles. The van der Waals surface area contributed by atoms with Gasteiger partial charge in [0.05, 0.1) is 0 Å². The second kappa shape index (κ2) is 3.49. The molecule has 0 aliphatic rings. The molecule has 2 heteroatoms. The highest BCUT2D eigenvalue weighted by Gasteiger charge is 1.93. The van der Waals surface area contributed by atoms with Crippen LogP contribution in [0.2, 0.25) is 0 Å². The first kappa shape index (κ1) is 8.21. The Bertz CT molecular complexity index is 251. The molecule has 0 aromatic heterocycles. The zero-order chi connectivity index (χ0) is 8.27. The predicted molar refractivity (Wildman–Crippen MR) is 50.8 cm³/mol. The Balaban J connectivity index is 2.91. The van der Waals surface area contributed by atoms with Crippen molar-refractivity contribution in [3.05, 3.63) is 36.4 Å². The molecule has 0 fully saturated rings. The molecule has 58 valence electrons. The lowest BCUT2D eigenvalue weighted by molar-refractivity contribution is 0.659. The van der Waals surface area contributed by atoms with Crippen LogP contribution < -0.4 is 4.18 Å². The topological polar surface area (TPSA) is 9.23 Å². The van der Waals surface area contributed by atoms with Crippen LogP contribution >= 0.6 is 12.9 Å². The second-order valence-corrected chi connectivity index (χ2v) is 2.58. The van der Waals surface area contributed by atoms with Gasteiger partial charge < -0.3 is 4.18 Å². The fourth-order valence-corrected chi connectivity index (χ4v) is 0.922. The Hall–Kier alpha value is -0.890. The molecule has 0 amide bonds. The summed E-state index contributed by atoms with van der Waals surface area (Å²) in [5.74, 6) is 0.748. The molecule has 1 rings (SSSR count). The van der Waals surface area contributed by atoms with Gasteiger partial charge in [0, 0.05) is 12.9 Å². The molecule has 1 aromatic carbocycles. The first-order valence-electron chi connectivity index (χ1n) is 3.31. The lowest BCUT2D eigenvalue weighted by Gasteiger charge is -2.00. The van der Waals surface area contributed by atoms with Crippen molar-refractivity contribution in [3.63, 3.8) is 0 Å². The van der Waals surface area contributed by atoms with Gasteiger partial charge in [-0.15, -0.1) is 0 Å². The molecule has 0 N–H and O–H groups in total. The van der Waals surface area contributed by atoms with Gasteiger partial charge in [-0.3, -0.25) is 0 Å². The van der Waals surface area contributed by atoms with Crippen LogP contribution in [0.1, 0.15) is 12.5 Å². The number of hydrogen-bond donors (Lipinski definition) is 1. The van der Waals surface area contributed by atoms with E-state index in [1.165, 1.54) is 0 Å². The summed E-state index contributed by atoms with van der Waals surface area (Å²) in [7, 11) is 0. The summed E-state index contributed by atoms with van der Waals surface area (Å²) in [6, 6.07) is 7.62. The zero-order valence-electron chi connectivity index (χ0n) is 6.37. The zero-order valence-corrected chi connectivity index (χ0v) is 7.27. The molecule has 0 atom stereocenters. The highest BCUT2D eigenvalue weighted by molar-refractivity contribution is 7.75. The Morgan fingerprint density at radius 1 is 1.36 bits per heavy atom. The average Bonchev–Trinajstić information content (AvgIpc) is 2.05. The Labute approximate surface area is 72.3 Å². The highest BCUT2D eigenvalue weighted by Crippen LogP contribution is 2.17. The third kappa shape index (κ3) is 2.02. The van der Waals surface area contributed by atoms with E-state index >= 15 is 0 Å². The van der Waals surface area contributed by atoms with Gasteiger partial charge in [-0.25, -0.2) is 0 Å². The van der Waals surface area contributed by atoms with Crippen LogP contribution in [0.4, 0.5) is 0 Å². The molecule has 0 aliphatic heterocycles. The average molecular weight is 166 g/mol. The largest absolute Gasteiger partial charge is 0.429 e. The Morgan fingerprint density at radius 2 is 1.91 bits per heavy atom. The molecule has 0 saturated carbocycles. The number of hydrogen-bond acceptors (Lipinski definition) is 2. The third-order valence-electron chi connectivity index (χ3n) is 1.45. The van der Waals surface area contributed by atoms with Gasteiger partial charge in [0.25, 0.3) is 0 Å². The first-order chi connectivity index (χ1) is 5.24. The van der Waals surface area contributed by atoms with Crippen molar-refractivity contribution in [2.45, 2.75) is 6.92 Å². The highest BCUT2D eigenvalue weighted by atomic mass is 32.1. The summed E-state index contributed by atoms with van der Waals surface area (Å²) < 4.78 is 4.71. The van der Waals surface area contributed by atoms with Crippen LogP contribution in [0.5, 0.6) is 5.75 Å². The summed E-state index contributed by atoms with van der Waals surface area (Å²) in [6.07, 6.45) is 0. The van der Waals surface area contributed by atoms with E-state index < -0.39 is 0 Å². The molecule has 0 radical (unpaired) electrons. The lowest BCUT2D eigenvalue weighted by Crippen LogP contribution is -1.78. The molecular formula is C9H10OS. The van der Waals surface area contributed by atoms with Crippen LogP contribution in [0, 0.1) is 0 Å². The fraction of sp³-hybridized carbons (Fsp3) is 0.111. The molecule has 0 saturated heterocycles. The fourth-order valence-electron chi connectivity index (χ4n) is 0.800. The molecule has 1 aromatic rings. The summed E-state index contributed by atoms with van der Waals surface area (Å²) in [5.41, 5.74) is 2.18. The number of rotatable bonds is 2. The van der Waals surface area contributed by atoms with E-state index in [2.05, 4.69) is 19.5 Å². The summed E-state index contributed by atoms with van der Waals surface area (Å²) in [5, 5.41) is 0. The van der Waals surface area contributed by atoms with E-state index in [4.69, 9.17) is 4.18 Å². The number of benzene rings is 1. The van der Waals surface area contributed by atoms with Crippen LogP contribution in [-0.4, -0.2) is 0 Å². The maximum Gasteiger partial charge on any atom is 0.137 e. The van der Waals surface area contributed by atoms with Crippen LogP contribution in [0.3, 0.4) is 0 Å². The van der Waals surface area contributed by atoms with E-state index in [0.29, 0.717) is 0 Å². The molecule has 0 aliphatic carbocycles. The smallest absolute Gasteiger partial charge is 0.137 e. The lowest BCUT2D eigenvalue weighted by atomic mass is 10.1. The van der Waals surface area contributed by atoms with Gasteiger partial charge in [0.2, 0.25) is 0 Å². The number of thiol groups is 1. The van der Waals surface area contributed by atoms with Crippen LogP contribution in [0.25, 0.3) is 5.57 Å². The van der Waals surface area contributed by atoms with Gasteiger partial charge in [0.1, 0.15) is 5.75 Å². The Kier molecular flexibility index (Phi) is 2.60. The summed E-state index contributed by atoms with van der Waals surface area (Å²) in [4.78, 5) is 0. The van der Waals surface area contributed by atoms with Crippen molar-refractivity contribution < 1.29 is 4.18 Å². The molecule has 1 nitrogen and oxygen atoms in total. The second-order valence-electron chi connectivity index (χ2n) is 2.40. The Morgan fingerprint density at radius 3 is 2.27 bits per heavy atom. The van der Waals surface area contributed by atoms with Crippen LogP contribution in [-0.2, 0) is 0 Å². The quantitative estimate of drug-likeness (QED) is 0.525. The maximum atomic E-state index is 4.71. The summed E-state index contributed by atoms with van der Waals surface area (Å²) >= 11 is 3.67. The minimum absolute atomic E-state index is 0.748. The van der Waals surface area contributed by atoms with Gasteiger partial charge >= 0.3 is 0 Å². The predicted octanol–water partition coefficient (Wildman–Crippen LogP) is 2.94. The third-order valence-corrected chi connectivity index (χ3v) is 1.66. The van der Waals surface area contributed by atoms with Crippen molar-refractivity contribution in [1.82, 2.24) is 0 Å². The SMILES string of the molecule is C=C(C)c1ccc(OS)cc1. The maximum absolute atomic E-state index is 4.71. The first-order valence-corrected chi connectivity index (χ1v) is 3.68. The van der Waals surface area contributed by atoms with Crippen LogP contribution in [0.15, 0.2) is 30.8 Å². The number of allylic oxidation sites excluding steroid dienone is 1. The summed E-state index contributed by atoms with van der Waals surface area (Å²) in [6.45, 7) is 5.79. The van der Waals surface area contributed by atoms with Crippen molar-refractivity contribution in [1.29, 1.82) is 0 Å². The minimum Gasteiger partial charge on any atom is -0.429 e. The molecular weight excluding hydrogens is 156 g/mol. The minimum atomic E-state index is 0.748. The van der Waals surface area contributed by atoms with E-state index in [0.717, 1.165) is 16.9 Å². The molecule has 0 unspecified atom stereocenters. The van der Waals surface area contributed by atoms with Crippen molar-refractivity contribution in [3.8, 4) is 5.75 Å². The van der Waals surface area contributed by atoms with Crippen molar-refractivity contribution in [2.75, 3.05) is 0 Å². The van der Waals surface area contributed by atoms with Crippen molar-refractivity contribution >= 4 is 18.5 Å². The molecule has 11 heavy (non-hydrogen) atoms. The van der Waals surface area contributed by atoms with Gasteiger partial charge in [-0.2, -0.15) is 0 Å². The van der Waals surface area contributed by atoms with E-state index in [9.17, 15) is 0 Å². The van der Waals surface area contributed by atoms with Gasteiger partial charge in [-0.1, -0.05) is 24.3 Å². The van der Waals surface area contributed by atoms with E-state index in [-0.39, 0.29) is 0 Å². The monoisotopic (exact) mass is 166 g/mol. The molecule has 0 bridgehead atoms. The van der Waals surface area contributed by atoms with Gasteiger partial charge in [-0.05, 0) is 24.6 Å². The van der Waals surface area contributed by atoms with E-state index in [1.807, 2.05) is 31.2 Å².